The van der Waals surface area contributed by atoms with Gasteiger partial charge in [-0.3, -0.25) is 4.79 Å². The Balaban J connectivity index is 1.44. The molecule has 1 unspecified atom stereocenters. The zero-order valence-corrected chi connectivity index (χ0v) is 17.7. The van der Waals surface area contributed by atoms with E-state index in [4.69, 9.17) is 4.74 Å². The molecule has 4 nitrogen and oxygen atoms in total. The predicted octanol–water partition coefficient (Wildman–Crippen LogP) is 5.05. The average molecular weight is 451 g/mol. The summed E-state index contributed by atoms with van der Waals surface area (Å²) in [5, 5.41) is 0. The third-order valence-corrected chi connectivity index (χ3v) is 5.89. The minimum absolute atomic E-state index is 0.0305. The summed E-state index contributed by atoms with van der Waals surface area (Å²) < 4.78 is 6.84. The van der Waals surface area contributed by atoms with Crippen molar-refractivity contribution >= 4 is 21.8 Å². The molecule has 148 valence electrons. The summed E-state index contributed by atoms with van der Waals surface area (Å²) in [7, 11) is 0. The van der Waals surface area contributed by atoms with E-state index in [9.17, 15) is 4.79 Å². The maximum Gasteiger partial charge on any atom is 0.228 e. The monoisotopic (exact) mass is 450 g/mol. The van der Waals surface area contributed by atoms with E-state index in [1.807, 2.05) is 53.4 Å². The van der Waals surface area contributed by atoms with Gasteiger partial charge in [0.25, 0.3) is 0 Å². The normalized spacial score (nSPS) is 16.2. The largest absolute Gasteiger partial charge is 0.472 e. The maximum atomic E-state index is 13.1. The summed E-state index contributed by atoms with van der Waals surface area (Å²) in [5.41, 5.74) is 2.33. The molecule has 29 heavy (non-hydrogen) atoms. The fraction of sp³-hybridized carbons (Fsp3) is 0.250. The minimum Gasteiger partial charge on any atom is -0.472 e. The van der Waals surface area contributed by atoms with Crippen molar-refractivity contribution < 1.29 is 9.53 Å². The van der Waals surface area contributed by atoms with Crippen LogP contribution in [0.3, 0.4) is 0 Å². The van der Waals surface area contributed by atoms with Crippen LogP contribution in [0.5, 0.6) is 5.88 Å². The molecule has 0 spiro atoms. The molecule has 2 aromatic carbocycles. The number of likely N-dealkylation sites (tertiary alicyclic amines) is 1. The van der Waals surface area contributed by atoms with Crippen LogP contribution in [0.25, 0.3) is 0 Å². The Morgan fingerprint density at radius 3 is 2.31 bits per heavy atom. The van der Waals surface area contributed by atoms with E-state index in [2.05, 4.69) is 45.2 Å². The standard InChI is InChI=1S/C24H23BrN2O2/c25-22-12-7-14-26-24(22)29-20-13-15-27(17-20)23(28)16-21(18-8-3-1-4-9-18)19-10-5-2-6-11-19/h1-12,14,20-21H,13,15-17H2. The molecule has 1 saturated heterocycles. The van der Waals surface area contributed by atoms with E-state index in [0.717, 1.165) is 22.0 Å². The number of ether oxygens (including phenoxy) is 1. The van der Waals surface area contributed by atoms with Gasteiger partial charge in [0, 0.05) is 31.5 Å². The number of carbonyl (C=O) groups excluding carboxylic acids is 1. The Kier molecular flexibility index (Phi) is 6.25. The van der Waals surface area contributed by atoms with Crippen molar-refractivity contribution in [3.63, 3.8) is 0 Å². The van der Waals surface area contributed by atoms with Crippen LogP contribution in [0.4, 0.5) is 0 Å². The SMILES string of the molecule is O=C(CC(c1ccccc1)c1ccccc1)N1CCC(Oc2ncccc2Br)C1. The van der Waals surface area contributed by atoms with Crippen molar-refractivity contribution in [2.24, 2.45) is 0 Å². The number of hydrogen-bond donors (Lipinski definition) is 0. The van der Waals surface area contributed by atoms with Crippen molar-refractivity contribution in [1.29, 1.82) is 0 Å². The van der Waals surface area contributed by atoms with Gasteiger partial charge in [0.15, 0.2) is 0 Å². The molecule has 0 bridgehead atoms. The molecular weight excluding hydrogens is 428 g/mol. The fourth-order valence-corrected chi connectivity index (χ4v) is 4.12. The zero-order valence-electron chi connectivity index (χ0n) is 16.1. The molecular formula is C24H23BrN2O2. The first-order valence-corrected chi connectivity index (χ1v) is 10.6. The van der Waals surface area contributed by atoms with Crippen molar-refractivity contribution in [1.82, 2.24) is 9.88 Å². The minimum atomic E-state index is -0.0305. The number of pyridine rings is 1. The molecule has 0 aliphatic carbocycles. The Labute approximate surface area is 179 Å². The van der Waals surface area contributed by atoms with Crippen LogP contribution in [0.15, 0.2) is 83.5 Å². The van der Waals surface area contributed by atoms with Gasteiger partial charge < -0.3 is 9.64 Å². The molecule has 3 aromatic rings. The first-order chi connectivity index (χ1) is 14.2. The highest BCUT2D eigenvalue weighted by atomic mass is 79.9. The Hall–Kier alpha value is -2.66. The third-order valence-electron chi connectivity index (χ3n) is 5.28. The number of nitrogens with zero attached hydrogens (tertiary/aromatic N) is 2. The van der Waals surface area contributed by atoms with E-state index >= 15 is 0 Å². The summed E-state index contributed by atoms with van der Waals surface area (Å²) in [6.07, 6.45) is 2.95. The molecule has 5 heteroatoms. The Morgan fingerprint density at radius 2 is 1.69 bits per heavy atom. The average Bonchev–Trinajstić information content (AvgIpc) is 3.23. The lowest BCUT2D eigenvalue weighted by molar-refractivity contribution is -0.130. The van der Waals surface area contributed by atoms with Crippen molar-refractivity contribution in [3.8, 4) is 5.88 Å². The molecule has 1 fully saturated rings. The van der Waals surface area contributed by atoms with Gasteiger partial charge >= 0.3 is 0 Å². The van der Waals surface area contributed by atoms with Crippen LogP contribution < -0.4 is 4.74 Å². The van der Waals surface area contributed by atoms with Crippen LogP contribution in [0.2, 0.25) is 0 Å². The summed E-state index contributed by atoms with van der Waals surface area (Å²) in [6, 6.07) is 24.3. The van der Waals surface area contributed by atoms with Gasteiger partial charge in [-0.25, -0.2) is 4.98 Å². The van der Waals surface area contributed by atoms with E-state index in [1.165, 1.54) is 0 Å². The number of rotatable bonds is 6. The summed E-state index contributed by atoms with van der Waals surface area (Å²) in [4.78, 5) is 19.3. The summed E-state index contributed by atoms with van der Waals surface area (Å²) in [5.74, 6) is 0.793. The number of benzene rings is 2. The van der Waals surface area contributed by atoms with E-state index in [-0.39, 0.29) is 17.9 Å². The lowest BCUT2D eigenvalue weighted by Gasteiger charge is -2.22. The number of hydrogen-bond acceptors (Lipinski definition) is 3. The van der Waals surface area contributed by atoms with Gasteiger partial charge in [-0.15, -0.1) is 0 Å². The van der Waals surface area contributed by atoms with Crippen LogP contribution in [0, 0.1) is 0 Å². The predicted molar refractivity (Wildman–Crippen MR) is 117 cm³/mol. The van der Waals surface area contributed by atoms with Crippen molar-refractivity contribution in [2.75, 3.05) is 13.1 Å². The first-order valence-electron chi connectivity index (χ1n) is 9.85. The smallest absolute Gasteiger partial charge is 0.228 e. The molecule has 0 N–H and O–H groups in total. The first kappa shape index (κ1) is 19.6. The third kappa shape index (κ3) is 4.85. The number of halogens is 1. The molecule has 4 rings (SSSR count). The fourth-order valence-electron chi connectivity index (χ4n) is 3.77. The highest BCUT2D eigenvalue weighted by Crippen LogP contribution is 2.30. The van der Waals surface area contributed by atoms with Crippen LogP contribution in [-0.4, -0.2) is 35.0 Å². The van der Waals surface area contributed by atoms with E-state index < -0.39 is 0 Å². The second kappa shape index (κ2) is 9.23. The van der Waals surface area contributed by atoms with Crippen molar-refractivity contribution in [3.05, 3.63) is 94.6 Å². The van der Waals surface area contributed by atoms with Crippen LogP contribution in [-0.2, 0) is 4.79 Å². The molecule has 1 atom stereocenters. The Bertz CT molecular complexity index is 910. The topological polar surface area (TPSA) is 42.4 Å². The van der Waals surface area contributed by atoms with Gasteiger partial charge in [-0.2, -0.15) is 0 Å². The van der Waals surface area contributed by atoms with Gasteiger partial charge in [0.05, 0.1) is 11.0 Å². The van der Waals surface area contributed by atoms with Gasteiger partial charge in [0.1, 0.15) is 6.10 Å². The van der Waals surface area contributed by atoms with Gasteiger partial charge in [-0.1, -0.05) is 60.7 Å². The molecule has 2 heterocycles. The Morgan fingerprint density at radius 1 is 1.03 bits per heavy atom. The van der Waals surface area contributed by atoms with Crippen LogP contribution >= 0.6 is 15.9 Å². The molecule has 1 aliphatic rings. The number of aromatic nitrogens is 1. The second-order valence-electron chi connectivity index (χ2n) is 7.24. The molecule has 1 aliphatic heterocycles. The maximum absolute atomic E-state index is 13.1. The molecule has 0 radical (unpaired) electrons. The van der Waals surface area contributed by atoms with Gasteiger partial charge in [0.2, 0.25) is 11.8 Å². The molecule has 1 amide bonds. The molecule has 0 saturated carbocycles. The quantitative estimate of drug-likeness (QED) is 0.527. The van der Waals surface area contributed by atoms with Crippen LogP contribution in [0.1, 0.15) is 29.9 Å². The highest BCUT2D eigenvalue weighted by molar-refractivity contribution is 9.10. The highest BCUT2D eigenvalue weighted by Gasteiger charge is 2.30. The lowest BCUT2D eigenvalue weighted by Crippen LogP contribution is -2.32. The number of amides is 1. The van der Waals surface area contributed by atoms with E-state index in [1.54, 1.807) is 6.20 Å². The van der Waals surface area contributed by atoms with Crippen molar-refractivity contribution in [2.45, 2.75) is 24.9 Å². The summed E-state index contributed by atoms with van der Waals surface area (Å²) in [6.45, 7) is 1.31. The zero-order chi connectivity index (χ0) is 20.1. The number of carbonyl (C=O) groups is 1. The summed E-state index contributed by atoms with van der Waals surface area (Å²) >= 11 is 3.46. The van der Waals surface area contributed by atoms with E-state index in [0.29, 0.717) is 25.4 Å². The van der Waals surface area contributed by atoms with Gasteiger partial charge in [-0.05, 0) is 39.2 Å². The second-order valence-corrected chi connectivity index (χ2v) is 8.09. The molecule has 1 aromatic heterocycles. The lowest BCUT2D eigenvalue weighted by atomic mass is 9.88.